The van der Waals surface area contributed by atoms with Crippen LogP contribution in [0.25, 0.3) is 10.4 Å². The Morgan fingerprint density at radius 2 is 1.67 bits per heavy atom. The predicted octanol–water partition coefficient (Wildman–Crippen LogP) is 4.87. The Hall–Kier alpha value is -2.82. The van der Waals surface area contributed by atoms with Crippen LogP contribution in [0, 0.1) is 12.3 Å². The van der Waals surface area contributed by atoms with Crippen molar-refractivity contribution in [2.45, 2.75) is 117 Å². The lowest BCUT2D eigenvalue weighted by atomic mass is 9.85. The van der Waals surface area contributed by atoms with Crippen LogP contribution in [0.2, 0.25) is 0 Å². The number of nitrogens with zero attached hydrogens (tertiary/aromatic N) is 2. The lowest BCUT2D eigenvalue weighted by molar-refractivity contribution is -0.144. The van der Waals surface area contributed by atoms with E-state index < -0.39 is 23.6 Å². The van der Waals surface area contributed by atoms with E-state index in [1.165, 1.54) is 11.3 Å². The highest BCUT2D eigenvalue weighted by atomic mass is 32.1. The molecule has 0 unspecified atom stereocenters. The quantitative estimate of drug-likeness (QED) is 0.212. The van der Waals surface area contributed by atoms with Gasteiger partial charge in [-0.15, -0.1) is 11.3 Å². The number of aromatic nitrogens is 1. The van der Waals surface area contributed by atoms with E-state index >= 15 is 0 Å². The predicted molar refractivity (Wildman–Crippen MR) is 172 cm³/mol. The van der Waals surface area contributed by atoms with Crippen molar-refractivity contribution in [1.29, 1.82) is 0 Å². The second-order valence-electron chi connectivity index (χ2n) is 12.9. The molecule has 3 rings (SSSR count). The molecule has 0 saturated carbocycles. The number of nitrogens with two attached hydrogens (primary N) is 1. The van der Waals surface area contributed by atoms with Crippen LogP contribution in [-0.4, -0.2) is 64.0 Å². The van der Waals surface area contributed by atoms with Gasteiger partial charge in [0.05, 0.1) is 28.2 Å². The fourth-order valence-corrected chi connectivity index (χ4v) is 6.37. The number of carbonyl (C=O) groups excluding carboxylic acids is 3. The largest absolute Gasteiger partial charge is 0.391 e. The fourth-order valence-electron chi connectivity index (χ4n) is 5.56. The molecule has 0 radical (unpaired) electrons. The van der Waals surface area contributed by atoms with E-state index in [9.17, 15) is 19.5 Å². The summed E-state index contributed by atoms with van der Waals surface area (Å²) in [6.07, 6.45) is 7.03. The van der Waals surface area contributed by atoms with Gasteiger partial charge in [-0.3, -0.25) is 14.4 Å². The molecule has 1 fully saturated rings. The molecule has 2 aromatic rings. The van der Waals surface area contributed by atoms with Crippen LogP contribution in [0.3, 0.4) is 0 Å². The third-order valence-electron chi connectivity index (χ3n) is 8.17. The number of unbranched alkanes of at least 4 members (excludes halogenated alkanes) is 6. The zero-order valence-electron chi connectivity index (χ0n) is 26.5. The minimum absolute atomic E-state index is 0.0564. The minimum atomic E-state index is -0.815. The Balaban J connectivity index is 1.58. The minimum Gasteiger partial charge on any atom is -0.391 e. The number of aryl methyl sites for hydroxylation is 1. The summed E-state index contributed by atoms with van der Waals surface area (Å²) in [5.74, 6) is -0.817. The lowest BCUT2D eigenvalue weighted by Gasteiger charge is -2.35. The molecule has 10 heteroatoms. The molecule has 1 saturated heterocycles. The number of benzene rings is 1. The molecular weight excluding hydrogens is 562 g/mol. The molecule has 1 aromatic heterocycles. The van der Waals surface area contributed by atoms with Gasteiger partial charge in [0, 0.05) is 19.4 Å². The van der Waals surface area contributed by atoms with Gasteiger partial charge in [-0.2, -0.15) is 0 Å². The number of rotatable bonds is 15. The summed E-state index contributed by atoms with van der Waals surface area (Å²) < 4.78 is 0. The van der Waals surface area contributed by atoms with E-state index in [2.05, 4.69) is 15.6 Å². The van der Waals surface area contributed by atoms with Crippen molar-refractivity contribution in [2.75, 3.05) is 13.1 Å². The van der Waals surface area contributed by atoms with Crippen molar-refractivity contribution in [2.24, 2.45) is 11.1 Å². The lowest BCUT2D eigenvalue weighted by Crippen LogP contribution is -2.57. The maximum absolute atomic E-state index is 13.8. The number of carbonyl (C=O) groups is 3. The van der Waals surface area contributed by atoms with Crippen molar-refractivity contribution < 1.29 is 19.5 Å². The normalized spacial score (nSPS) is 18.3. The Labute approximate surface area is 261 Å². The van der Waals surface area contributed by atoms with Gasteiger partial charge in [-0.1, -0.05) is 77.1 Å². The second-order valence-corrected chi connectivity index (χ2v) is 13.7. The Kier molecular flexibility index (Phi) is 13.1. The van der Waals surface area contributed by atoms with Gasteiger partial charge in [0.2, 0.25) is 17.7 Å². The van der Waals surface area contributed by atoms with Gasteiger partial charge < -0.3 is 26.4 Å². The van der Waals surface area contributed by atoms with Crippen LogP contribution in [0.1, 0.15) is 103 Å². The fraction of sp³-hybridized carbons (Fsp3) is 0.636. The molecule has 9 nitrogen and oxygen atoms in total. The van der Waals surface area contributed by atoms with Gasteiger partial charge in [-0.25, -0.2) is 4.98 Å². The first-order valence-corrected chi connectivity index (χ1v) is 16.6. The first-order chi connectivity index (χ1) is 20.4. The number of hydrogen-bond donors (Lipinski definition) is 4. The average molecular weight is 614 g/mol. The summed E-state index contributed by atoms with van der Waals surface area (Å²) in [7, 11) is 0. The van der Waals surface area contributed by atoms with Gasteiger partial charge in [0.1, 0.15) is 12.1 Å². The number of hydrogen-bond acceptors (Lipinski definition) is 7. The van der Waals surface area contributed by atoms with E-state index in [4.69, 9.17) is 5.73 Å². The van der Waals surface area contributed by atoms with Crippen LogP contribution < -0.4 is 16.4 Å². The van der Waals surface area contributed by atoms with E-state index in [-0.39, 0.29) is 36.7 Å². The van der Waals surface area contributed by atoms with Crippen LogP contribution in [0.5, 0.6) is 0 Å². The van der Waals surface area contributed by atoms with E-state index in [1.54, 1.807) is 11.3 Å². The monoisotopic (exact) mass is 613 g/mol. The first kappa shape index (κ1) is 34.7. The number of nitrogens with one attached hydrogen (secondary N) is 2. The van der Waals surface area contributed by atoms with Crippen molar-refractivity contribution >= 4 is 29.1 Å². The van der Waals surface area contributed by atoms with Crippen molar-refractivity contribution in [3.8, 4) is 10.4 Å². The number of amides is 3. The Bertz CT molecular complexity index is 1190. The Morgan fingerprint density at radius 1 is 1.05 bits per heavy atom. The highest BCUT2D eigenvalue weighted by Gasteiger charge is 2.44. The molecule has 3 amide bonds. The van der Waals surface area contributed by atoms with Crippen molar-refractivity contribution in [3.63, 3.8) is 0 Å². The highest BCUT2D eigenvalue weighted by Crippen LogP contribution is 2.29. The number of likely N-dealkylation sites (tertiary alicyclic amines) is 1. The third kappa shape index (κ3) is 10.1. The summed E-state index contributed by atoms with van der Waals surface area (Å²) in [4.78, 5) is 47.0. The summed E-state index contributed by atoms with van der Waals surface area (Å²) >= 11 is 1.59. The van der Waals surface area contributed by atoms with Gasteiger partial charge in [0.15, 0.2) is 0 Å². The number of thiazole rings is 1. The van der Waals surface area contributed by atoms with Crippen LogP contribution in [0.4, 0.5) is 0 Å². The molecule has 5 N–H and O–H groups in total. The zero-order valence-corrected chi connectivity index (χ0v) is 27.3. The van der Waals surface area contributed by atoms with E-state index in [1.807, 2.05) is 64.4 Å². The molecule has 43 heavy (non-hydrogen) atoms. The third-order valence-corrected chi connectivity index (χ3v) is 9.15. The smallest absolute Gasteiger partial charge is 0.246 e. The molecule has 0 aliphatic carbocycles. The maximum Gasteiger partial charge on any atom is 0.246 e. The zero-order chi connectivity index (χ0) is 31.6. The molecule has 2 heterocycles. The highest BCUT2D eigenvalue weighted by molar-refractivity contribution is 7.13. The van der Waals surface area contributed by atoms with Crippen molar-refractivity contribution in [3.05, 3.63) is 41.0 Å². The van der Waals surface area contributed by atoms with Crippen LogP contribution in [0.15, 0.2) is 29.8 Å². The maximum atomic E-state index is 13.8. The number of β-amino-alcohol motifs (C(OH)–C–C–N with tert-alkyl or cyclic N) is 1. The van der Waals surface area contributed by atoms with Crippen molar-refractivity contribution in [1.82, 2.24) is 20.5 Å². The summed E-state index contributed by atoms with van der Waals surface area (Å²) in [5.41, 5.74) is 9.79. The van der Waals surface area contributed by atoms with E-state index in [0.29, 0.717) is 6.42 Å². The molecule has 1 aromatic carbocycles. The van der Waals surface area contributed by atoms with Gasteiger partial charge >= 0.3 is 0 Å². The van der Waals surface area contributed by atoms with E-state index in [0.717, 1.165) is 66.8 Å². The molecule has 238 valence electrons. The topological polar surface area (TPSA) is 138 Å². The standard InChI is InChI=1S/C33H51N5O4S/c1-22(24-14-16-25(17-15-24)29-23(2)35-21-43-29)36-31(41)27-19-26(39)20-38(27)32(42)30(33(3,4)5)37-28(40)13-11-9-7-6-8-10-12-18-34/h14-17,21-22,26-27,30,39H,6-13,18-20,34H2,1-5H3,(H,36,41)(H,37,40)/t22-,26+,27-,30+/m0/s1. The van der Waals surface area contributed by atoms with Gasteiger partial charge in [-0.05, 0) is 49.8 Å². The average Bonchev–Trinajstić information content (AvgIpc) is 3.57. The molecule has 1 aliphatic heterocycles. The Morgan fingerprint density at radius 3 is 2.26 bits per heavy atom. The number of aliphatic hydroxyl groups is 1. The van der Waals surface area contributed by atoms with Crippen LogP contribution >= 0.6 is 11.3 Å². The van der Waals surface area contributed by atoms with Crippen LogP contribution in [-0.2, 0) is 14.4 Å². The summed E-state index contributed by atoms with van der Waals surface area (Å²) in [6, 6.07) is 6.10. The molecule has 0 spiro atoms. The van der Waals surface area contributed by atoms with Gasteiger partial charge in [0.25, 0.3) is 0 Å². The number of aliphatic hydroxyl groups excluding tert-OH is 1. The summed E-state index contributed by atoms with van der Waals surface area (Å²) in [6.45, 7) is 10.4. The molecule has 4 atom stereocenters. The summed E-state index contributed by atoms with van der Waals surface area (Å²) in [5, 5.41) is 16.5. The molecule has 1 aliphatic rings. The second kappa shape index (κ2) is 16.3. The first-order valence-electron chi connectivity index (χ1n) is 15.7. The molecular formula is C33H51N5O4S. The SMILES string of the molecule is Cc1ncsc1-c1ccc([C@H](C)NC(=O)[C@@H]2C[C@@H](O)CN2C(=O)[C@@H](NC(=O)CCCCCCCCCN)C(C)(C)C)cc1. The molecule has 0 bridgehead atoms.